The lowest BCUT2D eigenvalue weighted by Crippen LogP contribution is -2.28. The second-order valence-corrected chi connectivity index (χ2v) is 8.52. The predicted octanol–water partition coefficient (Wildman–Crippen LogP) is 7.95. The van der Waals surface area contributed by atoms with E-state index in [1.807, 2.05) is 30.3 Å². The summed E-state index contributed by atoms with van der Waals surface area (Å²) in [7, 11) is 0. The van der Waals surface area contributed by atoms with Gasteiger partial charge in [-0.2, -0.15) is 0 Å². The Hall–Kier alpha value is -4.30. The van der Waals surface area contributed by atoms with Crippen LogP contribution in [0.3, 0.4) is 0 Å². The standard InChI is InChI=1S/C31H20O2/c1-2-10-21(11-3-1)31(25-14-6-4-12-23(25)24-13-5-7-15-26(24)31)22-18-19-29-30(20-22)33-28-17-9-8-16-27(28)32-29/h1-20H. The van der Waals surface area contributed by atoms with E-state index in [-0.39, 0.29) is 0 Å². The molecule has 0 atom stereocenters. The van der Waals surface area contributed by atoms with Crippen LogP contribution in [0.4, 0.5) is 0 Å². The van der Waals surface area contributed by atoms with Crippen LogP contribution in [-0.2, 0) is 5.41 Å². The number of benzene rings is 5. The Morgan fingerprint density at radius 2 is 0.909 bits per heavy atom. The number of rotatable bonds is 2. The maximum absolute atomic E-state index is 6.31. The van der Waals surface area contributed by atoms with Gasteiger partial charge in [0.1, 0.15) is 0 Å². The van der Waals surface area contributed by atoms with Crippen LogP contribution in [0.2, 0.25) is 0 Å². The first-order chi connectivity index (χ1) is 16.4. The van der Waals surface area contributed by atoms with Gasteiger partial charge in [0.25, 0.3) is 0 Å². The normalized spacial score (nSPS) is 14.2. The summed E-state index contributed by atoms with van der Waals surface area (Å²) in [6, 6.07) is 42.4. The van der Waals surface area contributed by atoms with E-state index in [9.17, 15) is 0 Å². The lowest BCUT2D eigenvalue weighted by atomic mass is 9.67. The first-order valence-corrected chi connectivity index (χ1v) is 11.2. The molecule has 0 N–H and O–H groups in total. The molecule has 1 heterocycles. The second-order valence-electron chi connectivity index (χ2n) is 8.52. The molecule has 5 aromatic rings. The van der Waals surface area contributed by atoms with E-state index >= 15 is 0 Å². The van der Waals surface area contributed by atoms with Gasteiger partial charge in [0.2, 0.25) is 0 Å². The van der Waals surface area contributed by atoms with Crippen LogP contribution in [0.25, 0.3) is 11.1 Å². The molecule has 2 heteroatoms. The molecular formula is C31H20O2. The third kappa shape index (κ3) is 2.49. The molecule has 1 aliphatic heterocycles. The average Bonchev–Trinajstić information content (AvgIpc) is 3.19. The minimum Gasteiger partial charge on any atom is -0.450 e. The smallest absolute Gasteiger partial charge is 0.170 e. The van der Waals surface area contributed by atoms with Gasteiger partial charge in [-0.25, -0.2) is 0 Å². The Morgan fingerprint density at radius 1 is 0.394 bits per heavy atom. The van der Waals surface area contributed by atoms with Gasteiger partial charge in [0.05, 0.1) is 5.41 Å². The highest BCUT2D eigenvalue weighted by Crippen LogP contribution is 2.57. The third-order valence-corrected chi connectivity index (χ3v) is 6.82. The van der Waals surface area contributed by atoms with Crippen LogP contribution in [0.1, 0.15) is 22.3 Å². The summed E-state index contributed by atoms with van der Waals surface area (Å²) in [5.41, 5.74) is 7.08. The molecule has 0 spiro atoms. The van der Waals surface area contributed by atoms with Crippen LogP contribution >= 0.6 is 0 Å². The molecule has 5 aromatic carbocycles. The molecule has 0 aromatic heterocycles. The maximum Gasteiger partial charge on any atom is 0.170 e. The summed E-state index contributed by atoms with van der Waals surface area (Å²) in [5, 5.41) is 0. The third-order valence-electron chi connectivity index (χ3n) is 6.82. The molecule has 0 saturated heterocycles. The summed E-state index contributed by atoms with van der Waals surface area (Å²) in [4.78, 5) is 0. The Labute approximate surface area is 192 Å². The zero-order valence-corrected chi connectivity index (χ0v) is 17.9. The van der Waals surface area contributed by atoms with E-state index in [1.54, 1.807) is 0 Å². The highest BCUT2D eigenvalue weighted by atomic mass is 16.6. The van der Waals surface area contributed by atoms with Gasteiger partial charge in [0.15, 0.2) is 23.0 Å². The number of fused-ring (bicyclic) bond motifs is 5. The fraction of sp³-hybridized carbons (Fsp3) is 0.0323. The van der Waals surface area contributed by atoms with Crippen molar-refractivity contribution in [2.75, 3.05) is 0 Å². The molecule has 0 saturated carbocycles. The van der Waals surface area contributed by atoms with Crippen molar-refractivity contribution in [1.29, 1.82) is 0 Å². The lowest BCUT2D eigenvalue weighted by Gasteiger charge is -2.34. The topological polar surface area (TPSA) is 18.5 Å². The van der Waals surface area contributed by atoms with E-state index in [0.717, 1.165) is 28.6 Å². The van der Waals surface area contributed by atoms with Crippen molar-refractivity contribution < 1.29 is 9.47 Å². The second kappa shape index (κ2) is 6.85. The number of hydrogen-bond acceptors (Lipinski definition) is 2. The van der Waals surface area contributed by atoms with E-state index in [2.05, 4.69) is 91.0 Å². The maximum atomic E-state index is 6.31. The molecule has 0 fully saturated rings. The molecule has 2 aliphatic rings. The number of hydrogen-bond donors (Lipinski definition) is 0. The van der Waals surface area contributed by atoms with Crippen molar-refractivity contribution in [3.05, 3.63) is 144 Å². The van der Waals surface area contributed by atoms with E-state index in [0.29, 0.717) is 0 Å². The first-order valence-electron chi connectivity index (χ1n) is 11.2. The minimum absolute atomic E-state index is 0.441. The highest BCUT2D eigenvalue weighted by Gasteiger charge is 2.46. The zero-order valence-electron chi connectivity index (χ0n) is 17.9. The fourth-order valence-corrected chi connectivity index (χ4v) is 5.47. The summed E-state index contributed by atoms with van der Waals surface area (Å²) in [5.74, 6) is 2.96. The monoisotopic (exact) mass is 424 g/mol. The number of ether oxygens (including phenoxy) is 2. The van der Waals surface area contributed by atoms with Crippen molar-refractivity contribution in [3.8, 4) is 34.1 Å². The van der Waals surface area contributed by atoms with Crippen molar-refractivity contribution in [1.82, 2.24) is 0 Å². The molecule has 2 nitrogen and oxygen atoms in total. The van der Waals surface area contributed by atoms with Crippen LogP contribution in [0, 0.1) is 0 Å². The van der Waals surface area contributed by atoms with Crippen LogP contribution in [0.5, 0.6) is 23.0 Å². The largest absolute Gasteiger partial charge is 0.450 e. The average molecular weight is 424 g/mol. The van der Waals surface area contributed by atoms with E-state index in [1.165, 1.54) is 27.8 Å². The van der Waals surface area contributed by atoms with E-state index in [4.69, 9.17) is 9.47 Å². The van der Waals surface area contributed by atoms with Crippen LogP contribution in [0.15, 0.2) is 121 Å². The molecular weight excluding hydrogens is 404 g/mol. The molecule has 7 rings (SSSR count). The molecule has 0 amide bonds. The number of para-hydroxylation sites is 2. The quantitative estimate of drug-likeness (QED) is 0.280. The van der Waals surface area contributed by atoms with Crippen molar-refractivity contribution in [2.24, 2.45) is 0 Å². The van der Waals surface area contributed by atoms with Gasteiger partial charge < -0.3 is 9.47 Å². The first kappa shape index (κ1) is 18.3. The Balaban J connectivity index is 1.53. The van der Waals surface area contributed by atoms with Gasteiger partial charge in [-0.15, -0.1) is 0 Å². The summed E-state index contributed by atoms with van der Waals surface area (Å²) in [6.45, 7) is 0. The molecule has 0 unspecified atom stereocenters. The van der Waals surface area contributed by atoms with Gasteiger partial charge in [-0.3, -0.25) is 0 Å². The summed E-state index contributed by atoms with van der Waals surface area (Å²) >= 11 is 0. The Bertz CT molecular complexity index is 1470. The molecule has 0 bridgehead atoms. The van der Waals surface area contributed by atoms with Crippen molar-refractivity contribution >= 4 is 0 Å². The van der Waals surface area contributed by atoms with Gasteiger partial charge in [-0.05, 0) is 57.6 Å². The molecule has 156 valence electrons. The fourth-order valence-electron chi connectivity index (χ4n) is 5.47. The zero-order chi connectivity index (χ0) is 21.8. The van der Waals surface area contributed by atoms with Crippen LogP contribution in [-0.4, -0.2) is 0 Å². The van der Waals surface area contributed by atoms with Gasteiger partial charge >= 0.3 is 0 Å². The van der Waals surface area contributed by atoms with E-state index < -0.39 is 5.41 Å². The van der Waals surface area contributed by atoms with Crippen LogP contribution < -0.4 is 9.47 Å². The SMILES string of the molecule is c1ccc(C2(c3ccc4c(c3)Oc3ccccc3O4)c3ccccc3-c3ccccc32)cc1. The minimum atomic E-state index is -0.441. The van der Waals surface area contributed by atoms with Gasteiger partial charge in [-0.1, -0.05) is 97.1 Å². The summed E-state index contributed by atoms with van der Waals surface area (Å²) < 4.78 is 12.5. The van der Waals surface area contributed by atoms with Crippen molar-refractivity contribution in [3.63, 3.8) is 0 Å². The molecule has 33 heavy (non-hydrogen) atoms. The summed E-state index contributed by atoms with van der Waals surface area (Å²) in [6.07, 6.45) is 0. The lowest BCUT2D eigenvalue weighted by molar-refractivity contribution is 0.359. The Kier molecular flexibility index (Phi) is 3.80. The van der Waals surface area contributed by atoms with Crippen molar-refractivity contribution in [2.45, 2.75) is 5.41 Å². The predicted molar refractivity (Wildman–Crippen MR) is 130 cm³/mol. The molecule has 1 aliphatic carbocycles. The van der Waals surface area contributed by atoms with Gasteiger partial charge in [0, 0.05) is 0 Å². The highest BCUT2D eigenvalue weighted by molar-refractivity contribution is 5.86. The molecule has 0 radical (unpaired) electrons. The Morgan fingerprint density at radius 3 is 1.58 bits per heavy atom.